The van der Waals surface area contributed by atoms with Gasteiger partial charge in [-0.2, -0.15) is 0 Å². The van der Waals surface area contributed by atoms with Gasteiger partial charge in [-0.25, -0.2) is 0 Å². The molecule has 27 heavy (non-hydrogen) atoms. The van der Waals surface area contributed by atoms with Crippen LogP contribution in [0.25, 0.3) is 0 Å². The molecule has 0 heterocycles. The quantitative estimate of drug-likeness (QED) is 0.546. The molecule has 0 spiro atoms. The van der Waals surface area contributed by atoms with E-state index in [0.717, 1.165) is 5.56 Å². The van der Waals surface area contributed by atoms with E-state index in [-0.39, 0.29) is 6.61 Å². The van der Waals surface area contributed by atoms with Gasteiger partial charge in [0.1, 0.15) is 12.2 Å². The summed E-state index contributed by atoms with van der Waals surface area (Å²) in [6, 6.07) is 15.5. The fourth-order valence-electron chi connectivity index (χ4n) is 2.50. The van der Waals surface area contributed by atoms with Crippen LogP contribution in [-0.2, 0) is 25.7 Å². The standard InChI is InChI=1S/C21H24BrNO4/c1-21(2,3)27-20(25)17(18(23)15-11-7-8-12-16(15)22)19(24)26-13-14-9-5-4-6-10-14/h4-12,17-18H,13,23H2,1-3H3. The van der Waals surface area contributed by atoms with E-state index in [0.29, 0.717) is 10.0 Å². The summed E-state index contributed by atoms with van der Waals surface area (Å²) in [5.74, 6) is -2.69. The van der Waals surface area contributed by atoms with Gasteiger partial charge in [-0.1, -0.05) is 64.5 Å². The molecular weight excluding hydrogens is 410 g/mol. The van der Waals surface area contributed by atoms with Gasteiger partial charge in [-0.05, 0) is 38.0 Å². The lowest BCUT2D eigenvalue weighted by atomic mass is 9.93. The van der Waals surface area contributed by atoms with Crippen molar-refractivity contribution in [2.24, 2.45) is 11.7 Å². The molecule has 2 aromatic rings. The third-order valence-electron chi connectivity index (χ3n) is 3.76. The van der Waals surface area contributed by atoms with Crippen LogP contribution in [0.2, 0.25) is 0 Å². The van der Waals surface area contributed by atoms with Gasteiger partial charge in [0.25, 0.3) is 0 Å². The molecule has 0 aromatic heterocycles. The first kappa shape index (κ1) is 21.1. The van der Waals surface area contributed by atoms with Crippen molar-refractivity contribution in [1.29, 1.82) is 0 Å². The molecule has 0 bridgehead atoms. The Bertz CT molecular complexity index is 786. The number of halogens is 1. The monoisotopic (exact) mass is 433 g/mol. The van der Waals surface area contributed by atoms with Crippen LogP contribution in [-0.4, -0.2) is 17.5 Å². The molecule has 144 valence electrons. The molecule has 0 aliphatic rings. The van der Waals surface area contributed by atoms with Gasteiger partial charge in [-0.15, -0.1) is 0 Å². The van der Waals surface area contributed by atoms with E-state index in [9.17, 15) is 9.59 Å². The van der Waals surface area contributed by atoms with Crippen LogP contribution >= 0.6 is 15.9 Å². The molecule has 0 radical (unpaired) electrons. The molecule has 5 nitrogen and oxygen atoms in total. The van der Waals surface area contributed by atoms with E-state index in [1.165, 1.54) is 0 Å². The molecular formula is C21H24BrNO4. The second-order valence-electron chi connectivity index (χ2n) is 7.15. The lowest BCUT2D eigenvalue weighted by molar-refractivity contribution is -0.171. The summed E-state index contributed by atoms with van der Waals surface area (Å²) in [6.45, 7) is 5.27. The van der Waals surface area contributed by atoms with E-state index >= 15 is 0 Å². The average Bonchev–Trinajstić information content (AvgIpc) is 2.59. The van der Waals surface area contributed by atoms with Crippen molar-refractivity contribution < 1.29 is 19.1 Å². The molecule has 0 fully saturated rings. The van der Waals surface area contributed by atoms with Crippen LogP contribution in [0.15, 0.2) is 59.1 Å². The highest BCUT2D eigenvalue weighted by atomic mass is 79.9. The highest BCUT2D eigenvalue weighted by Gasteiger charge is 2.39. The number of carbonyl (C=O) groups is 2. The molecule has 0 saturated carbocycles. The third kappa shape index (κ3) is 6.19. The number of hydrogen-bond donors (Lipinski definition) is 1. The van der Waals surface area contributed by atoms with Crippen molar-refractivity contribution in [3.05, 3.63) is 70.2 Å². The van der Waals surface area contributed by atoms with Crippen LogP contribution in [0, 0.1) is 5.92 Å². The number of nitrogens with two attached hydrogens (primary N) is 1. The molecule has 0 amide bonds. The Kier molecular flexibility index (Phi) is 7.16. The van der Waals surface area contributed by atoms with Crippen molar-refractivity contribution >= 4 is 27.9 Å². The van der Waals surface area contributed by atoms with Gasteiger partial charge in [0.05, 0.1) is 6.04 Å². The van der Waals surface area contributed by atoms with Crippen molar-refractivity contribution in [3.63, 3.8) is 0 Å². The highest BCUT2D eigenvalue weighted by molar-refractivity contribution is 9.10. The summed E-state index contributed by atoms with van der Waals surface area (Å²) in [5.41, 5.74) is 7.00. The number of ether oxygens (including phenoxy) is 2. The maximum atomic E-state index is 12.8. The third-order valence-corrected chi connectivity index (χ3v) is 4.48. The Morgan fingerprint density at radius 3 is 2.19 bits per heavy atom. The van der Waals surface area contributed by atoms with Crippen LogP contribution in [0.3, 0.4) is 0 Å². The summed E-state index contributed by atoms with van der Waals surface area (Å²) in [5, 5.41) is 0. The first-order valence-electron chi connectivity index (χ1n) is 8.62. The van der Waals surface area contributed by atoms with Crippen LogP contribution in [0.1, 0.15) is 37.9 Å². The van der Waals surface area contributed by atoms with E-state index < -0.39 is 29.5 Å². The van der Waals surface area contributed by atoms with Gasteiger partial charge in [0, 0.05) is 4.47 Å². The largest absolute Gasteiger partial charge is 0.460 e. The van der Waals surface area contributed by atoms with Gasteiger partial charge < -0.3 is 15.2 Å². The Balaban J connectivity index is 2.24. The van der Waals surface area contributed by atoms with Crippen molar-refractivity contribution in [3.8, 4) is 0 Å². The molecule has 0 saturated heterocycles. The SMILES string of the molecule is CC(C)(C)OC(=O)C(C(=O)OCc1ccccc1)C(N)c1ccccc1Br. The zero-order chi connectivity index (χ0) is 20.0. The number of carbonyl (C=O) groups excluding carboxylic acids is 2. The highest BCUT2D eigenvalue weighted by Crippen LogP contribution is 2.29. The topological polar surface area (TPSA) is 78.6 Å². The summed E-state index contributed by atoms with van der Waals surface area (Å²) >= 11 is 3.42. The molecule has 2 rings (SSSR count). The summed E-state index contributed by atoms with van der Waals surface area (Å²) < 4.78 is 11.5. The van der Waals surface area contributed by atoms with Crippen LogP contribution in [0.4, 0.5) is 0 Å². The lowest BCUT2D eigenvalue weighted by Gasteiger charge is -2.26. The second-order valence-corrected chi connectivity index (χ2v) is 8.01. The van der Waals surface area contributed by atoms with Crippen LogP contribution < -0.4 is 5.73 Å². The van der Waals surface area contributed by atoms with Gasteiger partial charge in [-0.3, -0.25) is 9.59 Å². The molecule has 2 aromatic carbocycles. The average molecular weight is 434 g/mol. The maximum Gasteiger partial charge on any atom is 0.322 e. The minimum Gasteiger partial charge on any atom is -0.460 e. The second kappa shape index (κ2) is 9.15. The Morgan fingerprint density at radius 1 is 1.00 bits per heavy atom. The maximum absolute atomic E-state index is 12.8. The zero-order valence-corrected chi connectivity index (χ0v) is 17.2. The van der Waals surface area contributed by atoms with E-state index in [4.69, 9.17) is 15.2 Å². The number of rotatable bonds is 6. The number of esters is 2. The molecule has 6 heteroatoms. The Morgan fingerprint density at radius 2 is 1.59 bits per heavy atom. The van der Waals surface area contributed by atoms with Crippen molar-refractivity contribution in [2.75, 3.05) is 0 Å². The normalized spacial score (nSPS) is 13.5. The predicted molar refractivity (Wildman–Crippen MR) is 107 cm³/mol. The van der Waals surface area contributed by atoms with Crippen molar-refractivity contribution in [2.45, 2.75) is 39.0 Å². The summed E-state index contributed by atoms with van der Waals surface area (Å²) in [6.07, 6.45) is 0. The fourth-order valence-corrected chi connectivity index (χ4v) is 3.05. The first-order chi connectivity index (χ1) is 12.7. The zero-order valence-electron chi connectivity index (χ0n) is 15.6. The summed E-state index contributed by atoms with van der Waals surface area (Å²) in [4.78, 5) is 25.5. The van der Waals surface area contributed by atoms with E-state index in [2.05, 4.69) is 15.9 Å². The molecule has 2 unspecified atom stereocenters. The van der Waals surface area contributed by atoms with E-state index in [1.807, 2.05) is 36.4 Å². The predicted octanol–water partition coefficient (Wildman–Crippen LogP) is 4.15. The van der Waals surface area contributed by atoms with Crippen molar-refractivity contribution in [1.82, 2.24) is 0 Å². The fraction of sp³-hybridized carbons (Fsp3) is 0.333. The summed E-state index contributed by atoms with van der Waals surface area (Å²) in [7, 11) is 0. The molecule has 0 aliphatic heterocycles. The van der Waals surface area contributed by atoms with Gasteiger partial charge in [0.15, 0.2) is 5.92 Å². The van der Waals surface area contributed by atoms with Gasteiger partial charge in [0.2, 0.25) is 0 Å². The lowest BCUT2D eigenvalue weighted by Crippen LogP contribution is -2.40. The number of hydrogen-bond acceptors (Lipinski definition) is 5. The Labute approximate surface area is 168 Å². The van der Waals surface area contributed by atoms with Gasteiger partial charge >= 0.3 is 11.9 Å². The number of benzene rings is 2. The van der Waals surface area contributed by atoms with Crippen LogP contribution in [0.5, 0.6) is 0 Å². The van der Waals surface area contributed by atoms with E-state index in [1.54, 1.807) is 39.0 Å². The first-order valence-corrected chi connectivity index (χ1v) is 9.42. The minimum absolute atomic E-state index is 0.0572. The molecule has 2 atom stereocenters. The molecule has 0 aliphatic carbocycles. The molecule has 2 N–H and O–H groups in total. The minimum atomic E-state index is -1.27. The smallest absolute Gasteiger partial charge is 0.322 e. The Hall–Kier alpha value is -2.18.